The Labute approximate surface area is 146 Å². The molecule has 6 heteroatoms. The average Bonchev–Trinajstić information content (AvgIpc) is 2.77. The van der Waals surface area contributed by atoms with Gasteiger partial charge in [-0.05, 0) is 17.7 Å². The van der Waals surface area contributed by atoms with E-state index in [0.29, 0.717) is 18.0 Å². The number of anilines is 1. The molecule has 1 aliphatic rings. The van der Waals surface area contributed by atoms with E-state index in [2.05, 4.69) is 4.99 Å². The monoisotopic (exact) mass is 339 g/mol. The van der Waals surface area contributed by atoms with Crippen LogP contribution >= 0.6 is 0 Å². The van der Waals surface area contributed by atoms with Gasteiger partial charge in [0.2, 0.25) is 5.91 Å². The summed E-state index contributed by atoms with van der Waals surface area (Å²) in [6.07, 6.45) is 0. The summed E-state index contributed by atoms with van der Waals surface area (Å²) in [6.45, 7) is 0.525. The van der Waals surface area contributed by atoms with Gasteiger partial charge >= 0.3 is 0 Å². The Kier molecular flexibility index (Phi) is 4.72. The van der Waals surface area contributed by atoms with E-state index in [1.807, 2.05) is 30.3 Å². The first-order chi connectivity index (χ1) is 12.1. The largest absolute Gasteiger partial charge is 0.493 e. The Morgan fingerprint density at radius 2 is 1.88 bits per heavy atom. The van der Waals surface area contributed by atoms with E-state index in [1.54, 1.807) is 32.2 Å². The zero-order valence-corrected chi connectivity index (χ0v) is 14.6. The first kappa shape index (κ1) is 17.0. The van der Waals surface area contributed by atoms with Gasteiger partial charge in [-0.25, -0.2) is 0 Å². The smallest absolute Gasteiger partial charge is 0.248 e. The Balaban J connectivity index is 2.24. The predicted octanol–water partition coefficient (Wildman–Crippen LogP) is 1.98. The highest BCUT2D eigenvalue weighted by Crippen LogP contribution is 2.37. The van der Waals surface area contributed by atoms with Gasteiger partial charge in [0.1, 0.15) is 6.54 Å². The highest BCUT2D eigenvalue weighted by Gasteiger charge is 2.25. The maximum atomic E-state index is 12.4. The van der Waals surface area contributed by atoms with Crippen LogP contribution in [0.5, 0.6) is 11.5 Å². The molecule has 0 spiro atoms. The number of amides is 1. The van der Waals surface area contributed by atoms with Crippen LogP contribution in [0, 0.1) is 0 Å². The zero-order valence-electron chi connectivity index (χ0n) is 14.6. The number of ether oxygens (including phenoxy) is 2. The summed E-state index contributed by atoms with van der Waals surface area (Å²) >= 11 is 0. The first-order valence-corrected chi connectivity index (χ1v) is 7.95. The molecule has 0 aliphatic carbocycles. The van der Waals surface area contributed by atoms with E-state index in [0.717, 1.165) is 28.1 Å². The number of nitrogens with two attached hydrogens (primary N) is 1. The van der Waals surface area contributed by atoms with Crippen molar-refractivity contribution in [2.24, 2.45) is 10.7 Å². The summed E-state index contributed by atoms with van der Waals surface area (Å²) in [5, 5.41) is 0. The Hall–Kier alpha value is -2.86. The second-order valence-electron chi connectivity index (χ2n) is 5.75. The lowest BCUT2D eigenvalue weighted by Gasteiger charge is -2.20. The predicted molar refractivity (Wildman–Crippen MR) is 97.8 cm³/mol. The lowest BCUT2D eigenvalue weighted by Crippen LogP contribution is -2.27. The summed E-state index contributed by atoms with van der Waals surface area (Å²) in [7, 11) is 4.89. The minimum absolute atomic E-state index is 0.0813. The third-order valence-electron chi connectivity index (χ3n) is 4.30. The maximum absolute atomic E-state index is 12.4. The van der Waals surface area contributed by atoms with Gasteiger partial charge in [0.25, 0.3) is 0 Å². The second-order valence-corrected chi connectivity index (χ2v) is 5.75. The van der Waals surface area contributed by atoms with Crippen LogP contribution in [0.15, 0.2) is 41.4 Å². The molecule has 0 fully saturated rings. The fourth-order valence-corrected chi connectivity index (χ4v) is 2.90. The normalized spacial score (nSPS) is 13.8. The number of carbonyl (C=O) groups is 1. The number of aliphatic imine (C=N–C) groups is 1. The minimum atomic E-state index is -0.0848. The van der Waals surface area contributed by atoms with Gasteiger partial charge in [-0.3, -0.25) is 9.79 Å². The van der Waals surface area contributed by atoms with Crippen LogP contribution in [-0.4, -0.2) is 39.4 Å². The molecule has 0 saturated carbocycles. The van der Waals surface area contributed by atoms with Gasteiger partial charge in [-0.2, -0.15) is 0 Å². The molecular weight excluding hydrogens is 318 g/mol. The molecule has 0 saturated heterocycles. The number of benzene rings is 2. The van der Waals surface area contributed by atoms with Crippen LogP contribution in [0.4, 0.5) is 5.69 Å². The molecule has 1 aliphatic heterocycles. The van der Waals surface area contributed by atoms with E-state index in [9.17, 15) is 4.79 Å². The van der Waals surface area contributed by atoms with Crippen LogP contribution in [0.3, 0.4) is 0 Å². The number of benzodiazepines with no additional fused rings is 1. The third-order valence-corrected chi connectivity index (χ3v) is 4.30. The lowest BCUT2D eigenvalue weighted by atomic mass is 9.98. The highest BCUT2D eigenvalue weighted by molar-refractivity contribution is 6.20. The van der Waals surface area contributed by atoms with E-state index >= 15 is 0 Å². The van der Waals surface area contributed by atoms with E-state index in [1.165, 1.54) is 0 Å². The minimum Gasteiger partial charge on any atom is -0.493 e. The van der Waals surface area contributed by atoms with Gasteiger partial charge in [0.15, 0.2) is 11.5 Å². The molecule has 2 N–H and O–H groups in total. The molecule has 2 aromatic rings. The van der Waals surface area contributed by atoms with Gasteiger partial charge in [-0.15, -0.1) is 0 Å². The fourth-order valence-electron chi connectivity index (χ4n) is 2.90. The summed E-state index contributed by atoms with van der Waals surface area (Å²) in [4.78, 5) is 18.5. The molecule has 3 rings (SSSR count). The van der Waals surface area contributed by atoms with Crippen molar-refractivity contribution in [3.63, 3.8) is 0 Å². The lowest BCUT2D eigenvalue weighted by molar-refractivity contribution is -0.116. The van der Waals surface area contributed by atoms with Gasteiger partial charge in [0.05, 0.1) is 25.6 Å². The van der Waals surface area contributed by atoms with Crippen LogP contribution in [0.25, 0.3) is 0 Å². The topological polar surface area (TPSA) is 77.2 Å². The molecule has 25 heavy (non-hydrogen) atoms. The molecule has 2 aromatic carbocycles. The number of nitrogens with zero attached hydrogens (tertiary/aromatic N) is 2. The highest BCUT2D eigenvalue weighted by atomic mass is 16.5. The van der Waals surface area contributed by atoms with Crippen LogP contribution in [-0.2, 0) is 11.3 Å². The molecule has 0 unspecified atom stereocenters. The maximum Gasteiger partial charge on any atom is 0.248 e. The van der Waals surface area contributed by atoms with Gasteiger partial charge in [0, 0.05) is 30.8 Å². The molecule has 0 bridgehead atoms. The van der Waals surface area contributed by atoms with E-state index < -0.39 is 0 Å². The molecule has 0 radical (unpaired) electrons. The average molecular weight is 339 g/mol. The molecular formula is C19H21N3O3. The Bertz CT molecular complexity index is 846. The number of likely N-dealkylation sites (N-methyl/N-ethyl adjacent to an activating group) is 1. The molecule has 1 amide bonds. The van der Waals surface area contributed by atoms with Crippen molar-refractivity contribution < 1.29 is 14.3 Å². The van der Waals surface area contributed by atoms with Gasteiger partial charge in [-0.1, -0.05) is 18.2 Å². The number of fused-ring (bicyclic) bond motifs is 1. The number of hydrogen-bond donors (Lipinski definition) is 1. The molecule has 130 valence electrons. The van der Waals surface area contributed by atoms with Crippen LogP contribution in [0.1, 0.15) is 16.7 Å². The number of rotatable bonds is 4. The van der Waals surface area contributed by atoms with Crippen molar-refractivity contribution in [2.45, 2.75) is 6.54 Å². The van der Waals surface area contributed by atoms with Crippen molar-refractivity contribution in [1.29, 1.82) is 0 Å². The SMILES string of the molecule is COc1cc2c(cc1OC)N(C)C(=O)CN=C2c1cccc(CN)c1. The third kappa shape index (κ3) is 3.08. The number of methoxy groups -OCH3 is 2. The van der Waals surface area contributed by atoms with Crippen molar-refractivity contribution >= 4 is 17.3 Å². The summed E-state index contributed by atoms with van der Waals surface area (Å²) in [6, 6.07) is 11.5. The van der Waals surface area contributed by atoms with Crippen molar-refractivity contribution in [3.8, 4) is 11.5 Å². The van der Waals surface area contributed by atoms with E-state index in [4.69, 9.17) is 15.2 Å². The Morgan fingerprint density at radius 3 is 2.56 bits per heavy atom. The standard InChI is InChI=1S/C19H21N3O3/c1-22-15-9-17(25-3)16(24-2)8-14(15)19(21-11-18(22)23)13-6-4-5-12(7-13)10-20/h4-9H,10-11,20H2,1-3H3. The zero-order chi connectivity index (χ0) is 18.0. The summed E-state index contributed by atoms with van der Waals surface area (Å²) < 4.78 is 10.8. The summed E-state index contributed by atoms with van der Waals surface area (Å²) in [5.41, 5.74) is 9.98. The fraction of sp³-hybridized carbons (Fsp3) is 0.263. The molecule has 1 heterocycles. The van der Waals surface area contributed by atoms with Crippen molar-refractivity contribution in [1.82, 2.24) is 0 Å². The molecule has 0 atom stereocenters. The van der Waals surface area contributed by atoms with Crippen LogP contribution in [0.2, 0.25) is 0 Å². The second kappa shape index (κ2) is 6.94. The first-order valence-electron chi connectivity index (χ1n) is 7.95. The van der Waals surface area contributed by atoms with Crippen molar-refractivity contribution in [3.05, 3.63) is 53.1 Å². The van der Waals surface area contributed by atoms with Crippen LogP contribution < -0.4 is 20.1 Å². The van der Waals surface area contributed by atoms with E-state index in [-0.39, 0.29) is 12.5 Å². The Morgan fingerprint density at radius 1 is 1.16 bits per heavy atom. The van der Waals surface area contributed by atoms with Crippen molar-refractivity contribution in [2.75, 3.05) is 32.7 Å². The quantitative estimate of drug-likeness (QED) is 0.924. The van der Waals surface area contributed by atoms with Gasteiger partial charge < -0.3 is 20.1 Å². The summed E-state index contributed by atoms with van der Waals surface area (Å²) in [5.74, 6) is 1.07. The molecule has 0 aromatic heterocycles. The number of hydrogen-bond acceptors (Lipinski definition) is 5. The number of carbonyl (C=O) groups excluding carboxylic acids is 1. The molecule has 6 nitrogen and oxygen atoms in total.